The molecule has 2 heterocycles. The van der Waals surface area contributed by atoms with Gasteiger partial charge in [-0.05, 0) is 25.8 Å². The van der Waals surface area contributed by atoms with E-state index in [1.807, 2.05) is 17.7 Å². The third kappa shape index (κ3) is 2.18. The summed E-state index contributed by atoms with van der Waals surface area (Å²) in [5.41, 5.74) is 1.07. The highest BCUT2D eigenvalue weighted by atomic mass is 16.5. The minimum Gasteiger partial charge on any atom is -0.479 e. The third-order valence-corrected chi connectivity index (χ3v) is 2.69. The molecular weight excluding hydrogens is 196 g/mol. The van der Waals surface area contributed by atoms with Crippen LogP contribution < -0.4 is 0 Å². The third-order valence-electron chi connectivity index (χ3n) is 2.69. The van der Waals surface area contributed by atoms with E-state index in [0.29, 0.717) is 13.0 Å². The topological polar surface area (TPSA) is 64.4 Å². The van der Waals surface area contributed by atoms with Gasteiger partial charge in [-0.25, -0.2) is 4.79 Å². The fourth-order valence-corrected chi connectivity index (χ4v) is 1.80. The van der Waals surface area contributed by atoms with Crippen LogP contribution in [0.3, 0.4) is 0 Å². The summed E-state index contributed by atoms with van der Waals surface area (Å²) in [5.74, 6) is -0.866. The van der Waals surface area contributed by atoms with E-state index in [4.69, 9.17) is 9.84 Å². The van der Waals surface area contributed by atoms with Gasteiger partial charge < -0.3 is 9.84 Å². The molecule has 0 amide bonds. The zero-order valence-electron chi connectivity index (χ0n) is 8.59. The van der Waals surface area contributed by atoms with Crippen molar-refractivity contribution in [1.29, 1.82) is 0 Å². The molecule has 5 nitrogen and oxygen atoms in total. The maximum atomic E-state index is 10.7. The normalized spacial score (nSPS) is 25.7. The minimum absolute atomic E-state index is 0.0234. The Labute approximate surface area is 87.7 Å². The number of aromatic nitrogens is 2. The van der Waals surface area contributed by atoms with Gasteiger partial charge in [0.05, 0.1) is 12.6 Å². The van der Waals surface area contributed by atoms with E-state index >= 15 is 0 Å². The highest BCUT2D eigenvalue weighted by Crippen LogP contribution is 2.21. The molecule has 1 aliphatic rings. The molecule has 82 valence electrons. The van der Waals surface area contributed by atoms with Crippen molar-refractivity contribution in [2.24, 2.45) is 0 Å². The highest BCUT2D eigenvalue weighted by molar-refractivity contribution is 5.72. The van der Waals surface area contributed by atoms with Gasteiger partial charge in [0.25, 0.3) is 0 Å². The standard InChI is InChI=1S/C10H14N2O3/c1-7-4-5-11-12(7)6-8-2-3-9(15-8)10(13)14/h4-5,8-9H,2-3,6H2,1H3,(H,13,14). The van der Waals surface area contributed by atoms with Crippen LogP contribution in [0.1, 0.15) is 18.5 Å². The maximum absolute atomic E-state index is 10.7. The van der Waals surface area contributed by atoms with Crippen molar-refractivity contribution in [3.05, 3.63) is 18.0 Å². The molecule has 2 atom stereocenters. The largest absolute Gasteiger partial charge is 0.479 e. The monoisotopic (exact) mass is 210 g/mol. The molecule has 1 saturated heterocycles. The Morgan fingerprint density at radius 3 is 3.07 bits per heavy atom. The van der Waals surface area contributed by atoms with Gasteiger partial charge in [0.1, 0.15) is 0 Å². The number of carboxylic acids is 1. The van der Waals surface area contributed by atoms with Crippen LogP contribution >= 0.6 is 0 Å². The van der Waals surface area contributed by atoms with Gasteiger partial charge >= 0.3 is 5.97 Å². The van der Waals surface area contributed by atoms with Crippen LogP contribution in [-0.4, -0.2) is 33.1 Å². The van der Waals surface area contributed by atoms with Crippen molar-refractivity contribution in [1.82, 2.24) is 9.78 Å². The van der Waals surface area contributed by atoms with Crippen molar-refractivity contribution in [3.63, 3.8) is 0 Å². The van der Waals surface area contributed by atoms with E-state index < -0.39 is 12.1 Å². The molecule has 15 heavy (non-hydrogen) atoms. The number of carbonyl (C=O) groups is 1. The summed E-state index contributed by atoms with van der Waals surface area (Å²) >= 11 is 0. The molecular formula is C10H14N2O3. The van der Waals surface area contributed by atoms with Crippen LogP contribution in [0, 0.1) is 6.92 Å². The zero-order chi connectivity index (χ0) is 10.8. The fourth-order valence-electron chi connectivity index (χ4n) is 1.80. The van der Waals surface area contributed by atoms with Gasteiger partial charge in [0.15, 0.2) is 6.10 Å². The lowest BCUT2D eigenvalue weighted by atomic mass is 10.2. The SMILES string of the molecule is Cc1ccnn1CC1CCC(C(=O)O)O1. The van der Waals surface area contributed by atoms with E-state index in [9.17, 15) is 4.79 Å². The van der Waals surface area contributed by atoms with Crippen LogP contribution in [0.15, 0.2) is 12.3 Å². The van der Waals surface area contributed by atoms with E-state index in [-0.39, 0.29) is 6.10 Å². The molecule has 1 N–H and O–H groups in total. The molecule has 0 aromatic carbocycles. The Kier molecular flexibility index (Phi) is 2.73. The molecule has 0 radical (unpaired) electrons. The summed E-state index contributed by atoms with van der Waals surface area (Å²) in [6.07, 6.45) is 2.46. The second-order valence-electron chi connectivity index (χ2n) is 3.82. The van der Waals surface area contributed by atoms with E-state index in [1.54, 1.807) is 6.20 Å². The molecule has 1 aromatic rings. The zero-order valence-corrected chi connectivity index (χ0v) is 8.59. The number of rotatable bonds is 3. The van der Waals surface area contributed by atoms with Gasteiger partial charge in [-0.15, -0.1) is 0 Å². The van der Waals surface area contributed by atoms with Gasteiger partial charge in [0.2, 0.25) is 0 Å². The van der Waals surface area contributed by atoms with Crippen molar-refractivity contribution >= 4 is 5.97 Å². The second-order valence-corrected chi connectivity index (χ2v) is 3.82. The first-order valence-corrected chi connectivity index (χ1v) is 5.03. The number of ether oxygens (including phenoxy) is 1. The highest BCUT2D eigenvalue weighted by Gasteiger charge is 2.30. The number of carboxylic acid groups (broad SMARTS) is 1. The molecule has 0 bridgehead atoms. The molecule has 2 unspecified atom stereocenters. The molecule has 2 rings (SSSR count). The lowest BCUT2D eigenvalue weighted by molar-refractivity contribution is -0.149. The summed E-state index contributed by atoms with van der Waals surface area (Å²) in [7, 11) is 0. The molecule has 0 aliphatic carbocycles. The van der Waals surface area contributed by atoms with Crippen LogP contribution in [0.25, 0.3) is 0 Å². The van der Waals surface area contributed by atoms with Gasteiger partial charge in [-0.2, -0.15) is 5.10 Å². The van der Waals surface area contributed by atoms with Gasteiger partial charge in [-0.1, -0.05) is 0 Å². The number of aliphatic carboxylic acids is 1. The second kappa shape index (κ2) is 4.02. The number of nitrogens with zero attached hydrogens (tertiary/aromatic N) is 2. The van der Waals surface area contributed by atoms with Crippen LogP contribution in [0.2, 0.25) is 0 Å². The number of aryl methyl sites for hydroxylation is 1. The Bertz CT molecular complexity index is 361. The molecule has 1 fully saturated rings. The van der Waals surface area contributed by atoms with Crippen molar-refractivity contribution < 1.29 is 14.6 Å². The first-order valence-electron chi connectivity index (χ1n) is 5.03. The number of hydrogen-bond donors (Lipinski definition) is 1. The molecule has 1 aliphatic heterocycles. The molecule has 0 saturated carbocycles. The molecule has 5 heteroatoms. The lowest BCUT2D eigenvalue weighted by Crippen LogP contribution is -2.23. The number of hydrogen-bond acceptors (Lipinski definition) is 3. The average molecular weight is 210 g/mol. The lowest BCUT2D eigenvalue weighted by Gasteiger charge is -2.12. The molecule has 1 aromatic heterocycles. The van der Waals surface area contributed by atoms with Crippen molar-refractivity contribution in [2.45, 2.75) is 38.5 Å². The fraction of sp³-hybridized carbons (Fsp3) is 0.600. The predicted octanol–water partition coefficient (Wildman–Crippen LogP) is 0.824. The first kappa shape index (κ1) is 10.2. The Hall–Kier alpha value is -1.36. The summed E-state index contributed by atoms with van der Waals surface area (Å²) in [4.78, 5) is 10.7. The summed E-state index contributed by atoms with van der Waals surface area (Å²) < 4.78 is 7.23. The summed E-state index contributed by atoms with van der Waals surface area (Å²) in [6.45, 7) is 2.61. The Balaban J connectivity index is 1.93. The summed E-state index contributed by atoms with van der Waals surface area (Å²) in [5, 5.41) is 12.9. The average Bonchev–Trinajstić information content (AvgIpc) is 2.77. The van der Waals surface area contributed by atoms with E-state index in [2.05, 4.69) is 5.10 Å². The van der Waals surface area contributed by atoms with E-state index in [0.717, 1.165) is 12.1 Å². The predicted molar refractivity (Wildman–Crippen MR) is 52.5 cm³/mol. The van der Waals surface area contributed by atoms with E-state index in [1.165, 1.54) is 0 Å². The Morgan fingerprint density at radius 2 is 2.53 bits per heavy atom. The van der Waals surface area contributed by atoms with Crippen LogP contribution in [-0.2, 0) is 16.1 Å². The van der Waals surface area contributed by atoms with Gasteiger partial charge in [-0.3, -0.25) is 4.68 Å². The molecule has 0 spiro atoms. The van der Waals surface area contributed by atoms with Crippen molar-refractivity contribution in [3.8, 4) is 0 Å². The minimum atomic E-state index is -0.866. The van der Waals surface area contributed by atoms with Gasteiger partial charge in [0, 0.05) is 11.9 Å². The summed E-state index contributed by atoms with van der Waals surface area (Å²) in [6, 6.07) is 1.92. The smallest absolute Gasteiger partial charge is 0.332 e. The van der Waals surface area contributed by atoms with Crippen molar-refractivity contribution in [2.75, 3.05) is 0 Å². The maximum Gasteiger partial charge on any atom is 0.332 e. The first-order chi connectivity index (χ1) is 7.16. The quantitative estimate of drug-likeness (QED) is 0.802. The van der Waals surface area contributed by atoms with Crippen LogP contribution in [0.5, 0.6) is 0 Å². The Morgan fingerprint density at radius 1 is 1.73 bits per heavy atom. The van der Waals surface area contributed by atoms with Crippen LogP contribution in [0.4, 0.5) is 0 Å².